The molecule has 7 nitrogen and oxygen atoms in total. The molecular formula is C16H17N3O4. The first-order chi connectivity index (χ1) is 11.2. The van der Waals surface area contributed by atoms with E-state index in [0.29, 0.717) is 28.4 Å². The molecule has 1 aromatic carbocycles. The molecule has 0 radical (unpaired) electrons. The van der Waals surface area contributed by atoms with E-state index in [2.05, 4.69) is 15.5 Å². The van der Waals surface area contributed by atoms with E-state index in [1.54, 1.807) is 31.4 Å². The van der Waals surface area contributed by atoms with Crippen LogP contribution in [0.1, 0.15) is 15.9 Å². The number of hydrogen-bond donors (Lipinski definition) is 1. The average molecular weight is 315 g/mol. The van der Waals surface area contributed by atoms with Crippen LogP contribution in [-0.2, 0) is 0 Å². The third-order valence-electron chi connectivity index (χ3n) is 3.05. The van der Waals surface area contributed by atoms with E-state index in [4.69, 9.17) is 14.2 Å². The Labute approximate surface area is 133 Å². The van der Waals surface area contributed by atoms with Gasteiger partial charge in [0.05, 0.1) is 27.5 Å². The number of methoxy groups -OCH3 is 3. The third-order valence-corrected chi connectivity index (χ3v) is 3.05. The lowest BCUT2D eigenvalue weighted by Gasteiger charge is -2.13. The van der Waals surface area contributed by atoms with Gasteiger partial charge < -0.3 is 14.2 Å². The SMILES string of the molecule is COc1ccc(C=NNC(=O)c2ccncc2)c(OC)c1OC. The summed E-state index contributed by atoms with van der Waals surface area (Å²) in [5.41, 5.74) is 3.55. The molecular weight excluding hydrogens is 298 g/mol. The van der Waals surface area contributed by atoms with Crippen molar-refractivity contribution in [3.63, 3.8) is 0 Å². The van der Waals surface area contributed by atoms with Crippen molar-refractivity contribution in [3.05, 3.63) is 47.8 Å². The lowest BCUT2D eigenvalue weighted by atomic mass is 10.2. The first-order valence-electron chi connectivity index (χ1n) is 6.73. The molecule has 1 heterocycles. The maximum atomic E-state index is 11.9. The normalized spacial score (nSPS) is 10.4. The van der Waals surface area contributed by atoms with Crippen LogP contribution in [0, 0.1) is 0 Å². The summed E-state index contributed by atoms with van der Waals surface area (Å²) in [6.07, 6.45) is 4.55. The number of rotatable bonds is 6. The minimum absolute atomic E-state index is 0.330. The number of nitrogens with one attached hydrogen (secondary N) is 1. The Balaban J connectivity index is 2.18. The van der Waals surface area contributed by atoms with Crippen LogP contribution in [-0.4, -0.2) is 38.4 Å². The molecule has 0 saturated heterocycles. The van der Waals surface area contributed by atoms with E-state index in [9.17, 15) is 4.79 Å². The van der Waals surface area contributed by atoms with Gasteiger partial charge in [0.2, 0.25) is 5.75 Å². The quantitative estimate of drug-likeness (QED) is 0.650. The Morgan fingerprint density at radius 3 is 2.35 bits per heavy atom. The highest BCUT2D eigenvalue weighted by Crippen LogP contribution is 2.38. The van der Waals surface area contributed by atoms with Crippen LogP contribution >= 0.6 is 0 Å². The van der Waals surface area contributed by atoms with Crippen LogP contribution in [0.4, 0.5) is 0 Å². The Morgan fingerprint density at radius 2 is 1.74 bits per heavy atom. The summed E-state index contributed by atoms with van der Waals surface area (Å²) in [5.74, 6) is 1.14. The van der Waals surface area contributed by atoms with Crippen LogP contribution in [0.5, 0.6) is 17.2 Å². The van der Waals surface area contributed by atoms with Gasteiger partial charge in [0.1, 0.15) is 0 Å². The van der Waals surface area contributed by atoms with Crippen molar-refractivity contribution in [1.82, 2.24) is 10.4 Å². The van der Waals surface area contributed by atoms with E-state index < -0.39 is 0 Å². The summed E-state index contributed by atoms with van der Waals surface area (Å²) in [6.45, 7) is 0. The van der Waals surface area contributed by atoms with Gasteiger partial charge in [-0.05, 0) is 24.3 Å². The van der Waals surface area contributed by atoms with Crippen LogP contribution < -0.4 is 19.6 Å². The van der Waals surface area contributed by atoms with Crippen molar-refractivity contribution in [1.29, 1.82) is 0 Å². The summed E-state index contributed by atoms with van der Waals surface area (Å²) >= 11 is 0. The number of pyridine rings is 1. The van der Waals surface area contributed by atoms with Crippen LogP contribution in [0.3, 0.4) is 0 Å². The lowest BCUT2D eigenvalue weighted by molar-refractivity contribution is 0.0955. The zero-order valence-electron chi connectivity index (χ0n) is 13.1. The van der Waals surface area contributed by atoms with Crippen LogP contribution in [0.15, 0.2) is 41.8 Å². The monoisotopic (exact) mass is 315 g/mol. The first-order valence-corrected chi connectivity index (χ1v) is 6.73. The Bertz CT molecular complexity index is 702. The highest BCUT2D eigenvalue weighted by molar-refractivity contribution is 5.95. The average Bonchev–Trinajstić information content (AvgIpc) is 2.61. The Morgan fingerprint density at radius 1 is 1.04 bits per heavy atom. The van der Waals surface area contributed by atoms with Gasteiger partial charge in [-0.1, -0.05) is 0 Å². The van der Waals surface area contributed by atoms with E-state index in [-0.39, 0.29) is 5.91 Å². The number of aromatic nitrogens is 1. The molecule has 0 atom stereocenters. The van der Waals surface area contributed by atoms with Crippen molar-refractivity contribution in [2.24, 2.45) is 5.10 Å². The first kappa shape index (κ1) is 16.3. The molecule has 7 heteroatoms. The Kier molecular flexibility index (Phi) is 5.51. The lowest BCUT2D eigenvalue weighted by Crippen LogP contribution is -2.17. The molecule has 0 fully saturated rings. The molecule has 2 aromatic rings. The standard InChI is InChI=1S/C16H17N3O4/c1-21-13-5-4-12(14(22-2)15(13)23-3)10-18-19-16(20)11-6-8-17-9-7-11/h4-10H,1-3H3,(H,19,20). The number of hydrogen-bond acceptors (Lipinski definition) is 6. The topological polar surface area (TPSA) is 82.0 Å². The van der Waals surface area contributed by atoms with Crippen molar-refractivity contribution < 1.29 is 19.0 Å². The van der Waals surface area contributed by atoms with E-state index in [1.807, 2.05) is 0 Å². The molecule has 0 aliphatic carbocycles. The number of amides is 1. The van der Waals surface area contributed by atoms with Crippen LogP contribution in [0.2, 0.25) is 0 Å². The molecule has 0 aliphatic rings. The van der Waals surface area contributed by atoms with Gasteiger partial charge in [0.25, 0.3) is 5.91 Å². The predicted molar refractivity (Wildman–Crippen MR) is 85.4 cm³/mol. The number of benzene rings is 1. The van der Waals surface area contributed by atoms with Crippen molar-refractivity contribution in [2.75, 3.05) is 21.3 Å². The number of hydrazone groups is 1. The maximum Gasteiger partial charge on any atom is 0.271 e. The van der Waals surface area contributed by atoms with Gasteiger partial charge in [-0.25, -0.2) is 5.43 Å². The number of ether oxygens (including phenoxy) is 3. The van der Waals surface area contributed by atoms with E-state index >= 15 is 0 Å². The summed E-state index contributed by atoms with van der Waals surface area (Å²) in [7, 11) is 4.58. The second-order valence-corrected chi connectivity index (χ2v) is 4.36. The van der Waals surface area contributed by atoms with Gasteiger partial charge in [-0.2, -0.15) is 5.10 Å². The van der Waals surface area contributed by atoms with Gasteiger partial charge in [-0.3, -0.25) is 9.78 Å². The number of carbonyl (C=O) groups is 1. The fourth-order valence-corrected chi connectivity index (χ4v) is 1.95. The van der Waals surface area contributed by atoms with E-state index in [1.165, 1.54) is 32.8 Å². The largest absolute Gasteiger partial charge is 0.493 e. The van der Waals surface area contributed by atoms with Crippen molar-refractivity contribution >= 4 is 12.1 Å². The summed E-state index contributed by atoms with van der Waals surface area (Å²) < 4.78 is 15.8. The van der Waals surface area contributed by atoms with Gasteiger partial charge >= 0.3 is 0 Å². The predicted octanol–water partition coefficient (Wildman–Crippen LogP) is 1.87. The van der Waals surface area contributed by atoms with Gasteiger partial charge in [0.15, 0.2) is 11.5 Å². The molecule has 2 rings (SSSR count). The second-order valence-electron chi connectivity index (χ2n) is 4.36. The summed E-state index contributed by atoms with van der Waals surface area (Å²) in [5, 5.41) is 3.94. The van der Waals surface area contributed by atoms with Crippen LogP contribution in [0.25, 0.3) is 0 Å². The fourth-order valence-electron chi connectivity index (χ4n) is 1.95. The summed E-state index contributed by atoms with van der Waals surface area (Å²) in [4.78, 5) is 15.7. The third kappa shape index (κ3) is 3.76. The summed E-state index contributed by atoms with van der Waals surface area (Å²) in [6, 6.07) is 6.68. The molecule has 120 valence electrons. The smallest absolute Gasteiger partial charge is 0.271 e. The molecule has 0 aliphatic heterocycles. The highest BCUT2D eigenvalue weighted by Gasteiger charge is 2.14. The number of nitrogens with zero attached hydrogens (tertiary/aromatic N) is 2. The zero-order valence-corrected chi connectivity index (χ0v) is 13.1. The Hall–Kier alpha value is -3.09. The molecule has 0 spiro atoms. The molecule has 0 saturated carbocycles. The van der Waals surface area contributed by atoms with Crippen molar-refractivity contribution in [3.8, 4) is 17.2 Å². The second kappa shape index (κ2) is 7.79. The molecule has 1 amide bonds. The zero-order chi connectivity index (χ0) is 16.7. The highest BCUT2D eigenvalue weighted by atomic mass is 16.5. The van der Waals surface area contributed by atoms with E-state index in [0.717, 1.165) is 0 Å². The molecule has 23 heavy (non-hydrogen) atoms. The molecule has 1 aromatic heterocycles. The molecule has 1 N–H and O–H groups in total. The molecule has 0 unspecified atom stereocenters. The molecule has 0 bridgehead atoms. The fraction of sp³-hybridized carbons (Fsp3) is 0.188. The minimum atomic E-state index is -0.330. The number of carbonyl (C=O) groups excluding carboxylic acids is 1. The maximum absolute atomic E-state index is 11.9. The minimum Gasteiger partial charge on any atom is -0.493 e. The van der Waals surface area contributed by atoms with Gasteiger partial charge in [0, 0.05) is 23.5 Å². The van der Waals surface area contributed by atoms with Crippen molar-refractivity contribution in [2.45, 2.75) is 0 Å². The van der Waals surface area contributed by atoms with Gasteiger partial charge in [-0.15, -0.1) is 0 Å².